The molecule has 5 nitrogen and oxygen atoms in total. The molecule has 0 atom stereocenters. The normalized spacial score (nSPS) is 11.6. The number of hydrogen-bond acceptors (Lipinski definition) is 4. The molecule has 0 saturated carbocycles. The van der Waals surface area contributed by atoms with Crippen LogP contribution in [0.4, 0.5) is 5.69 Å². The van der Waals surface area contributed by atoms with E-state index < -0.39 is 10.0 Å². The van der Waals surface area contributed by atoms with E-state index in [1.165, 1.54) is 17.5 Å². The zero-order valence-electron chi connectivity index (χ0n) is 12.9. The zero-order valence-corrected chi connectivity index (χ0v) is 14.5. The van der Waals surface area contributed by atoms with Gasteiger partial charge in [0, 0.05) is 17.5 Å². The summed E-state index contributed by atoms with van der Waals surface area (Å²) in [5.74, 6) is 0. The summed E-state index contributed by atoms with van der Waals surface area (Å²) in [6.07, 6.45) is 2.36. The fourth-order valence-electron chi connectivity index (χ4n) is 2.34. The molecule has 0 unspecified atom stereocenters. The highest BCUT2D eigenvalue weighted by Crippen LogP contribution is 2.30. The number of anilines is 1. The molecule has 2 heterocycles. The second kappa shape index (κ2) is 6.17. The number of hydrogen-bond donors (Lipinski definition) is 1. The molecule has 0 saturated heterocycles. The average molecular weight is 347 g/mol. The van der Waals surface area contributed by atoms with E-state index in [1.807, 2.05) is 43.3 Å². The topological polar surface area (TPSA) is 64.0 Å². The fraction of sp³-hybridized carbons (Fsp3) is 0.188. The second-order valence-corrected chi connectivity index (χ2v) is 8.15. The Hall–Kier alpha value is -2.12. The molecule has 1 N–H and O–H groups in total. The van der Waals surface area contributed by atoms with Crippen LogP contribution in [0.5, 0.6) is 0 Å². The van der Waals surface area contributed by atoms with E-state index >= 15 is 0 Å². The van der Waals surface area contributed by atoms with E-state index in [-0.39, 0.29) is 0 Å². The van der Waals surface area contributed by atoms with Gasteiger partial charge < -0.3 is 0 Å². The van der Waals surface area contributed by atoms with Crippen LogP contribution in [0.1, 0.15) is 11.8 Å². The van der Waals surface area contributed by atoms with Gasteiger partial charge in [0.25, 0.3) is 10.0 Å². The lowest BCUT2D eigenvalue weighted by Crippen LogP contribution is -2.12. The number of aromatic nitrogens is 2. The first-order chi connectivity index (χ1) is 11.0. The van der Waals surface area contributed by atoms with Crippen LogP contribution in [0, 0.1) is 0 Å². The third-order valence-corrected chi connectivity index (χ3v) is 6.57. The molecule has 0 aliphatic heterocycles. The van der Waals surface area contributed by atoms with Crippen molar-refractivity contribution in [3.63, 3.8) is 0 Å². The van der Waals surface area contributed by atoms with Gasteiger partial charge in [0.2, 0.25) is 0 Å². The monoisotopic (exact) mass is 347 g/mol. The molecular weight excluding hydrogens is 330 g/mol. The molecule has 0 amide bonds. The Kier molecular flexibility index (Phi) is 4.23. The van der Waals surface area contributed by atoms with Gasteiger partial charge >= 0.3 is 0 Å². The Labute approximate surface area is 139 Å². The van der Waals surface area contributed by atoms with Gasteiger partial charge in [-0.25, -0.2) is 8.42 Å². The van der Waals surface area contributed by atoms with Gasteiger partial charge in [-0.2, -0.15) is 5.10 Å². The van der Waals surface area contributed by atoms with Gasteiger partial charge in [0.1, 0.15) is 4.21 Å². The molecule has 3 aromatic rings. The molecule has 120 valence electrons. The van der Waals surface area contributed by atoms with Crippen LogP contribution in [0.25, 0.3) is 11.3 Å². The molecule has 0 spiro atoms. The number of nitrogens with one attached hydrogen (secondary N) is 1. The van der Waals surface area contributed by atoms with E-state index in [4.69, 9.17) is 0 Å². The molecular formula is C16H17N3O2S2. The highest BCUT2D eigenvalue weighted by molar-refractivity contribution is 7.94. The Balaban J connectivity index is 1.98. The van der Waals surface area contributed by atoms with Crippen LogP contribution in [0.3, 0.4) is 0 Å². The van der Waals surface area contributed by atoms with E-state index in [2.05, 4.69) is 9.82 Å². The molecule has 0 aliphatic rings. The molecule has 7 heteroatoms. The molecule has 23 heavy (non-hydrogen) atoms. The Morgan fingerprint density at radius 3 is 2.57 bits per heavy atom. The summed E-state index contributed by atoms with van der Waals surface area (Å²) in [5, 5.41) is 4.19. The number of rotatable bonds is 5. The van der Waals surface area contributed by atoms with Gasteiger partial charge in [0.15, 0.2) is 0 Å². The summed E-state index contributed by atoms with van der Waals surface area (Å²) in [6, 6.07) is 13.1. The van der Waals surface area contributed by atoms with Crippen LogP contribution >= 0.6 is 11.3 Å². The van der Waals surface area contributed by atoms with Crippen LogP contribution < -0.4 is 4.72 Å². The van der Waals surface area contributed by atoms with Gasteiger partial charge in [0.05, 0.1) is 17.6 Å². The quantitative estimate of drug-likeness (QED) is 0.768. The Bertz CT molecular complexity index is 912. The van der Waals surface area contributed by atoms with Crippen molar-refractivity contribution >= 4 is 27.0 Å². The first-order valence-electron chi connectivity index (χ1n) is 7.20. The number of aryl methyl sites for hydroxylation is 2. The van der Waals surface area contributed by atoms with E-state index in [0.717, 1.165) is 22.6 Å². The van der Waals surface area contributed by atoms with Crippen molar-refractivity contribution < 1.29 is 8.42 Å². The highest BCUT2D eigenvalue weighted by Gasteiger charge is 2.20. The summed E-state index contributed by atoms with van der Waals surface area (Å²) in [7, 11) is -1.81. The first kappa shape index (κ1) is 15.8. The van der Waals surface area contributed by atoms with Crippen LogP contribution in [-0.2, 0) is 23.5 Å². The molecule has 0 fully saturated rings. The lowest BCUT2D eigenvalue weighted by atomic mass is 10.1. The third-order valence-electron chi connectivity index (χ3n) is 3.48. The van der Waals surface area contributed by atoms with Gasteiger partial charge in [-0.15, -0.1) is 11.3 Å². The fourth-order valence-corrected chi connectivity index (χ4v) is 4.68. The highest BCUT2D eigenvalue weighted by atomic mass is 32.2. The minimum Gasteiger partial charge on any atom is -0.275 e. The van der Waals surface area contributed by atoms with Crippen molar-refractivity contribution in [3.05, 3.63) is 53.5 Å². The average Bonchev–Trinajstić information content (AvgIpc) is 3.15. The predicted octanol–water partition coefficient (Wildman–Crippen LogP) is 3.51. The van der Waals surface area contributed by atoms with Crippen molar-refractivity contribution in [2.24, 2.45) is 7.05 Å². The van der Waals surface area contributed by atoms with Crippen molar-refractivity contribution in [1.82, 2.24) is 9.78 Å². The lowest BCUT2D eigenvalue weighted by molar-refractivity contribution is 0.603. The molecule has 0 aliphatic carbocycles. The minimum absolute atomic E-state index is 0.317. The molecule has 1 aromatic carbocycles. The van der Waals surface area contributed by atoms with Gasteiger partial charge in [-0.3, -0.25) is 9.40 Å². The number of sulfonamides is 1. The maximum atomic E-state index is 12.6. The Morgan fingerprint density at radius 1 is 1.17 bits per heavy atom. The number of nitrogens with zero attached hydrogens (tertiary/aromatic N) is 2. The number of benzene rings is 1. The molecule has 0 radical (unpaired) electrons. The molecule has 3 rings (SSSR count). The largest absolute Gasteiger partial charge is 0.275 e. The smallest absolute Gasteiger partial charge is 0.271 e. The molecule has 0 bridgehead atoms. The van der Waals surface area contributed by atoms with Crippen LogP contribution in [0.2, 0.25) is 0 Å². The maximum Gasteiger partial charge on any atom is 0.271 e. The first-order valence-corrected chi connectivity index (χ1v) is 9.50. The maximum absolute atomic E-state index is 12.6. The number of thiophene rings is 1. The van der Waals surface area contributed by atoms with Crippen molar-refractivity contribution in [2.75, 3.05) is 4.72 Å². The summed E-state index contributed by atoms with van der Waals surface area (Å²) >= 11 is 1.29. The SMILES string of the molecule is CCc1ccc(S(=O)(=O)Nc2cnn(C)c2-c2ccccc2)s1. The van der Waals surface area contributed by atoms with Crippen molar-refractivity contribution in [3.8, 4) is 11.3 Å². The molecule has 2 aromatic heterocycles. The van der Waals surface area contributed by atoms with Gasteiger partial charge in [-0.05, 0) is 18.6 Å². The minimum atomic E-state index is -3.60. The zero-order chi connectivity index (χ0) is 16.4. The van der Waals surface area contributed by atoms with Crippen molar-refractivity contribution in [1.29, 1.82) is 0 Å². The van der Waals surface area contributed by atoms with Gasteiger partial charge in [-0.1, -0.05) is 37.3 Å². The van der Waals surface area contributed by atoms with Crippen molar-refractivity contribution in [2.45, 2.75) is 17.6 Å². The second-order valence-electron chi connectivity index (χ2n) is 5.08. The Morgan fingerprint density at radius 2 is 1.91 bits per heavy atom. The van der Waals surface area contributed by atoms with E-state index in [9.17, 15) is 8.42 Å². The lowest BCUT2D eigenvalue weighted by Gasteiger charge is -2.08. The predicted molar refractivity (Wildman–Crippen MR) is 93.1 cm³/mol. The van der Waals surface area contributed by atoms with E-state index in [1.54, 1.807) is 17.8 Å². The van der Waals surface area contributed by atoms with E-state index in [0.29, 0.717) is 9.90 Å². The standard InChI is InChI=1S/C16H17N3O2S2/c1-3-13-9-10-15(22-13)23(20,21)18-14-11-17-19(2)16(14)12-7-5-4-6-8-12/h4-11,18H,3H2,1-2H3. The van der Waals surface area contributed by atoms with Crippen LogP contribution in [-0.4, -0.2) is 18.2 Å². The summed E-state index contributed by atoms with van der Waals surface area (Å²) in [4.78, 5) is 1.04. The van der Waals surface area contributed by atoms with Crippen LogP contribution in [0.15, 0.2) is 52.9 Å². The summed E-state index contributed by atoms with van der Waals surface area (Å²) < 4.78 is 29.8. The summed E-state index contributed by atoms with van der Waals surface area (Å²) in [5.41, 5.74) is 2.12. The third kappa shape index (κ3) is 3.16. The summed E-state index contributed by atoms with van der Waals surface area (Å²) in [6.45, 7) is 2.00.